The highest BCUT2D eigenvalue weighted by atomic mass is 79.9. The molecule has 0 radical (unpaired) electrons. The lowest BCUT2D eigenvalue weighted by Gasteiger charge is -2.21. The molecule has 0 aromatic heterocycles. The summed E-state index contributed by atoms with van der Waals surface area (Å²) in [6.07, 6.45) is 0. The predicted molar refractivity (Wildman–Crippen MR) is 89.2 cm³/mol. The Labute approximate surface area is 127 Å². The maximum atomic E-state index is 3.75. The Morgan fingerprint density at radius 3 is 2.35 bits per heavy atom. The predicted octanol–water partition coefficient (Wildman–Crippen LogP) is 5.91. The van der Waals surface area contributed by atoms with Crippen molar-refractivity contribution in [2.24, 2.45) is 0 Å². The van der Waals surface area contributed by atoms with Gasteiger partial charge >= 0.3 is 0 Å². The van der Waals surface area contributed by atoms with Crippen LogP contribution in [0.15, 0.2) is 59.1 Å². The topological polar surface area (TPSA) is 0 Å². The molecule has 0 fully saturated rings. The first-order valence-corrected chi connectivity index (χ1v) is 7.71. The second-order valence-electron chi connectivity index (χ2n) is 6.00. The molecule has 20 heavy (non-hydrogen) atoms. The van der Waals surface area contributed by atoms with Crippen molar-refractivity contribution in [3.05, 3.63) is 70.2 Å². The summed E-state index contributed by atoms with van der Waals surface area (Å²) in [6.45, 7) is 4.64. The minimum Gasteiger partial charge on any atom is -0.0616 e. The van der Waals surface area contributed by atoms with Gasteiger partial charge in [-0.05, 0) is 33.5 Å². The van der Waals surface area contributed by atoms with Gasteiger partial charge in [-0.2, -0.15) is 0 Å². The van der Waals surface area contributed by atoms with E-state index in [-0.39, 0.29) is 5.41 Å². The number of benzene rings is 3. The Balaban J connectivity index is 2.25. The number of hydrogen-bond acceptors (Lipinski definition) is 0. The van der Waals surface area contributed by atoms with Gasteiger partial charge in [-0.1, -0.05) is 78.3 Å². The highest BCUT2D eigenvalue weighted by Crippen LogP contribution is 2.53. The molecule has 4 rings (SSSR count). The molecule has 1 aliphatic carbocycles. The van der Waals surface area contributed by atoms with Gasteiger partial charge in [-0.25, -0.2) is 0 Å². The van der Waals surface area contributed by atoms with Crippen LogP contribution in [0.3, 0.4) is 0 Å². The van der Waals surface area contributed by atoms with Crippen LogP contribution in [-0.4, -0.2) is 0 Å². The van der Waals surface area contributed by atoms with E-state index in [0.29, 0.717) is 0 Å². The molecule has 1 heteroatoms. The third kappa shape index (κ3) is 1.42. The SMILES string of the molecule is CC1(C)c2cccc(Br)c2-c2c1ccc1ccccc21. The van der Waals surface area contributed by atoms with Gasteiger partial charge in [-0.15, -0.1) is 0 Å². The zero-order valence-corrected chi connectivity index (χ0v) is 13.2. The first-order valence-electron chi connectivity index (χ1n) is 6.92. The molecule has 0 saturated carbocycles. The fraction of sp³-hybridized carbons (Fsp3) is 0.158. The first-order chi connectivity index (χ1) is 9.60. The molecule has 0 saturated heterocycles. The van der Waals surface area contributed by atoms with Crippen LogP contribution in [-0.2, 0) is 5.41 Å². The molecule has 0 unspecified atom stereocenters. The molecule has 0 nitrogen and oxygen atoms in total. The summed E-state index contributed by atoms with van der Waals surface area (Å²) in [4.78, 5) is 0. The summed E-state index contributed by atoms with van der Waals surface area (Å²) in [6, 6.07) is 19.7. The van der Waals surface area contributed by atoms with Crippen molar-refractivity contribution in [1.29, 1.82) is 0 Å². The van der Waals surface area contributed by atoms with Crippen LogP contribution in [0.5, 0.6) is 0 Å². The Bertz CT molecular complexity index is 844. The molecule has 3 aromatic rings. The molecule has 0 aliphatic heterocycles. The number of fused-ring (bicyclic) bond motifs is 5. The van der Waals surface area contributed by atoms with Gasteiger partial charge in [0, 0.05) is 15.5 Å². The Morgan fingerprint density at radius 1 is 0.750 bits per heavy atom. The lowest BCUT2D eigenvalue weighted by atomic mass is 9.82. The van der Waals surface area contributed by atoms with Gasteiger partial charge in [-0.3, -0.25) is 0 Å². The van der Waals surface area contributed by atoms with E-state index in [1.165, 1.54) is 37.5 Å². The van der Waals surface area contributed by atoms with Gasteiger partial charge in [0.2, 0.25) is 0 Å². The molecule has 0 atom stereocenters. The maximum absolute atomic E-state index is 3.75. The zero-order valence-electron chi connectivity index (χ0n) is 11.6. The quantitative estimate of drug-likeness (QED) is 0.482. The van der Waals surface area contributed by atoms with E-state index >= 15 is 0 Å². The fourth-order valence-electron chi connectivity index (χ4n) is 3.51. The largest absolute Gasteiger partial charge is 0.0616 e. The smallest absolute Gasteiger partial charge is 0.0257 e. The molecular weight excluding hydrogens is 308 g/mol. The Hall–Kier alpha value is -1.60. The Kier molecular flexibility index (Phi) is 2.41. The van der Waals surface area contributed by atoms with Gasteiger partial charge in [0.15, 0.2) is 0 Å². The summed E-state index contributed by atoms with van der Waals surface area (Å²) >= 11 is 3.75. The average molecular weight is 323 g/mol. The van der Waals surface area contributed by atoms with Crippen LogP contribution in [0.1, 0.15) is 25.0 Å². The number of rotatable bonds is 0. The van der Waals surface area contributed by atoms with Gasteiger partial charge < -0.3 is 0 Å². The summed E-state index contributed by atoms with van der Waals surface area (Å²) in [5.74, 6) is 0. The molecule has 1 aliphatic rings. The number of halogens is 1. The van der Waals surface area contributed by atoms with E-state index in [0.717, 1.165) is 0 Å². The van der Waals surface area contributed by atoms with E-state index in [9.17, 15) is 0 Å². The third-order valence-electron chi connectivity index (χ3n) is 4.54. The lowest BCUT2D eigenvalue weighted by Crippen LogP contribution is -2.14. The van der Waals surface area contributed by atoms with E-state index in [1.807, 2.05) is 0 Å². The minimum atomic E-state index is 0.0679. The van der Waals surface area contributed by atoms with Crippen molar-refractivity contribution in [2.75, 3.05) is 0 Å². The number of hydrogen-bond donors (Lipinski definition) is 0. The second kappa shape index (κ2) is 3.95. The van der Waals surface area contributed by atoms with Crippen LogP contribution in [0, 0.1) is 0 Å². The van der Waals surface area contributed by atoms with Crippen LogP contribution in [0.2, 0.25) is 0 Å². The van der Waals surface area contributed by atoms with Crippen LogP contribution in [0.25, 0.3) is 21.9 Å². The summed E-state index contributed by atoms with van der Waals surface area (Å²) in [5, 5.41) is 2.66. The van der Waals surface area contributed by atoms with Crippen molar-refractivity contribution < 1.29 is 0 Å². The summed E-state index contributed by atoms with van der Waals surface area (Å²) in [7, 11) is 0. The molecular formula is C19H15Br. The van der Waals surface area contributed by atoms with Crippen molar-refractivity contribution in [1.82, 2.24) is 0 Å². The van der Waals surface area contributed by atoms with Gasteiger partial charge in [0.1, 0.15) is 0 Å². The lowest BCUT2D eigenvalue weighted by molar-refractivity contribution is 0.660. The normalized spacial score (nSPS) is 15.2. The monoisotopic (exact) mass is 322 g/mol. The third-order valence-corrected chi connectivity index (χ3v) is 5.20. The average Bonchev–Trinajstić information content (AvgIpc) is 2.69. The molecule has 0 N–H and O–H groups in total. The van der Waals surface area contributed by atoms with E-state index in [1.54, 1.807) is 0 Å². The highest BCUT2D eigenvalue weighted by molar-refractivity contribution is 9.10. The molecule has 3 aromatic carbocycles. The molecule has 98 valence electrons. The minimum absolute atomic E-state index is 0.0679. The highest BCUT2D eigenvalue weighted by Gasteiger charge is 2.37. The van der Waals surface area contributed by atoms with Crippen molar-refractivity contribution in [3.63, 3.8) is 0 Å². The maximum Gasteiger partial charge on any atom is 0.0257 e. The van der Waals surface area contributed by atoms with Gasteiger partial charge in [0.05, 0.1) is 0 Å². The molecule has 0 heterocycles. The van der Waals surface area contributed by atoms with E-state index in [2.05, 4.69) is 84.4 Å². The molecule has 0 amide bonds. The summed E-state index contributed by atoms with van der Waals surface area (Å²) < 4.78 is 1.19. The van der Waals surface area contributed by atoms with Crippen LogP contribution < -0.4 is 0 Å². The van der Waals surface area contributed by atoms with Crippen LogP contribution in [0.4, 0.5) is 0 Å². The van der Waals surface area contributed by atoms with Crippen molar-refractivity contribution in [3.8, 4) is 11.1 Å². The Morgan fingerprint density at radius 2 is 1.50 bits per heavy atom. The summed E-state index contributed by atoms with van der Waals surface area (Å²) in [5.41, 5.74) is 5.68. The zero-order chi connectivity index (χ0) is 13.9. The standard InChI is InChI=1S/C19H15Br/c1-19(2)14-8-5-9-16(20)18(14)17-13-7-4-3-6-12(13)10-11-15(17)19/h3-11H,1-2H3. The fourth-order valence-corrected chi connectivity index (χ4v) is 4.07. The molecule has 0 spiro atoms. The molecule has 0 bridgehead atoms. The van der Waals surface area contributed by atoms with E-state index in [4.69, 9.17) is 0 Å². The first kappa shape index (κ1) is 12.2. The second-order valence-corrected chi connectivity index (χ2v) is 6.85. The van der Waals surface area contributed by atoms with Gasteiger partial charge in [0.25, 0.3) is 0 Å². The van der Waals surface area contributed by atoms with Crippen molar-refractivity contribution >= 4 is 26.7 Å². The van der Waals surface area contributed by atoms with Crippen LogP contribution >= 0.6 is 15.9 Å². The van der Waals surface area contributed by atoms with E-state index < -0.39 is 0 Å². The van der Waals surface area contributed by atoms with Crippen molar-refractivity contribution in [2.45, 2.75) is 19.3 Å².